The molecule has 5 nitrogen and oxygen atoms in total. The number of carbonyl (C=O) groups is 1. The first-order valence-electron chi connectivity index (χ1n) is 5.69. The minimum atomic E-state index is -0.732. The van der Waals surface area contributed by atoms with Crippen LogP contribution in [0.1, 0.15) is 11.6 Å². The molecule has 104 valence electrons. The molecule has 1 unspecified atom stereocenters. The van der Waals surface area contributed by atoms with Gasteiger partial charge in [0.2, 0.25) is 5.28 Å². The number of hydrogen-bond acceptors (Lipinski definition) is 5. The van der Waals surface area contributed by atoms with E-state index in [1.54, 1.807) is 12.1 Å². The molecular formula is C13H11Cl2N3O2. The maximum Gasteiger partial charge on any atom is 0.333 e. The van der Waals surface area contributed by atoms with Crippen molar-refractivity contribution in [2.45, 2.75) is 6.04 Å². The summed E-state index contributed by atoms with van der Waals surface area (Å²) in [6.45, 7) is 0. The van der Waals surface area contributed by atoms with E-state index in [1.807, 2.05) is 18.2 Å². The molecule has 1 aromatic carbocycles. The maximum absolute atomic E-state index is 11.9. The molecule has 0 aliphatic carbocycles. The summed E-state index contributed by atoms with van der Waals surface area (Å²) in [7, 11) is 1.31. The van der Waals surface area contributed by atoms with Crippen LogP contribution in [-0.4, -0.2) is 23.0 Å². The molecule has 0 aliphatic rings. The number of nitrogens with one attached hydrogen (secondary N) is 1. The van der Waals surface area contributed by atoms with Crippen LogP contribution in [0.4, 0.5) is 5.82 Å². The van der Waals surface area contributed by atoms with E-state index in [4.69, 9.17) is 27.9 Å². The number of methoxy groups -OCH3 is 1. The highest BCUT2D eigenvalue weighted by Crippen LogP contribution is 2.25. The van der Waals surface area contributed by atoms with Crippen molar-refractivity contribution in [2.24, 2.45) is 0 Å². The summed E-state index contributed by atoms with van der Waals surface area (Å²) in [6.07, 6.45) is 1.36. The van der Waals surface area contributed by atoms with Gasteiger partial charge in [-0.3, -0.25) is 0 Å². The van der Waals surface area contributed by atoms with Crippen molar-refractivity contribution < 1.29 is 9.53 Å². The van der Waals surface area contributed by atoms with Crippen molar-refractivity contribution in [3.05, 3.63) is 52.4 Å². The molecule has 7 heteroatoms. The van der Waals surface area contributed by atoms with Gasteiger partial charge in [0.1, 0.15) is 5.02 Å². The van der Waals surface area contributed by atoms with E-state index >= 15 is 0 Å². The average Bonchev–Trinajstić information content (AvgIpc) is 2.48. The Morgan fingerprint density at radius 1 is 1.30 bits per heavy atom. The number of benzene rings is 1. The SMILES string of the molecule is COC(=O)C(Nc1nc(Cl)ncc1Cl)c1ccccc1. The second-order valence-electron chi connectivity index (χ2n) is 3.85. The van der Waals surface area contributed by atoms with Gasteiger partial charge in [-0.1, -0.05) is 41.9 Å². The lowest BCUT2D eigenvalue weighted by atomic mass is 10.1. The van der Waals surface area contributed by atoms with Crippen LogP contribution in [0, 0.1) is 0 Å². The van der Waals surface area contributed by atoms with Crippen LogP contribution in [0.3, 0.4) is 0 Å². The normalized spacial score (nSPS) is 11.8. The van der Waals surface area contributed by atoms with Crippen molar-refractivity contribution in [2.75, 3.05) is 12.4 Å². The minimum Gasteiger partial charge on any atom is -0.467 e. The van der Waals surface area contributed by atoms with Gasteiger partial charge >= 0.3 is 5.97 Å². The number of halogens is 2. The van der Waals surface area contributed by atoms with E-state index in [9.17, 15) is 4.79 Å². The molecule has 20 heavy (non-hydrogen) atoms. The predicted molar refractivity (Wildman–Crippen MR) is 76.9 cm³/mol. The summed E-state index contributed by atoms with van der Waals surface area (Å²) in [5.41, 5.74) is 0.727. The highest BCUT2D eigenvalue weighted by Gasteiger charge is 2.22. The van der Waals surface area contributed by atoms with Crippen molar-refractivity contribution >= 4 is 35.0 Å². The van der Waals surface area contributed by atoms with Gasteiger partial charge in [-0.25, -0.2) is 9.78 Å². The number of aromatic nitrogens is 2. The first-order chi connectivity index (χ1) is 9.61. The van der Waals surface area contributed by atoms with Gasteiger partial charge < -0.3 is 10.1 Å². The molecule has 2 aromatic rings. The van der Waals surface area contributed by atoms with Crippen LogP contribution in [-0.2, 0) is 9.53 Å². The quantitative estimate of drug-likeness (QED) is 0.694. The Hall–Kier alpha value is -1.85. The van der Waals surface area contributed by atoms with E-state index in [1.165, 1.54) is 13.3 Å². The molecule has 1 N–H and O–H groups in total. The molecule has 0 amide bonds. The molecule has 0 saturated heterocycles. The largest absolute Gasteiger partial charge is 0.467 e. The van der Waals surface area contributed by atoms with Crippen molar-refractivity contribution in [3.63, 3.8) is 0 Å². The van der Waals surface area contributed by atoms with Crippen molar-refractivity contribution in [1.82, 2.24) is 9.97 Å². The van der Waals surface area contributed by atoms with E-state index in [-0.39, 0.29) is 16.1 Å². The molecule has 2 rings (SSSR count). The second kappa shape index (κ2) is 6.54. The standard InChI is InChI=1S/C13H11Cl2N3O2/c1-20-12(19)10(8-5-3-2-4-6-8)17-11-9(14)7-16-13(15)18-11/h2-7,10H,1H3,(H,16,17,18). The first-order valence-corrected chi connectivity index (χ1v) is 6.44. The Morgan fingerprint density at radius 2 is 2.00 bits per heavy atom. The third-order valence-corrected chi connectivity index (χ3v) is 3.02. The molecule has 0 aliphatic heterocycles. The molecule has 0 fully saturated rings. The monoisotopic (exact) mass is 311 g/mol. The molecular weight excluding hydrogens is 301 g/mol. The number of esters is 1. The number of nitrogens with zero attached hydrogens (tertiary/aromatic N) is 2. The van der Waals surface area contributed by atoms with Gasteiger partial charge in [-0.05, 0) is 17.2 Å². The molecule has 1 aromatic heterocycles. The summed E-state index contributed by atoms with van der Waals surface area (Å²) >= 11 is 11.7. The first kappa shape index (κ1) is 14.6. The van der Waals surface area contributed by atoms with E-state index < -0.39 is 12.0 Å². The summed E-state index contributed by atoms with van der Waals surface area (Å²) in [4.78, 5) is 19.6. The van der Waals surface area contributed by atoms with Gasteiger partial charge in [0.15, 0.2) is 11.9 Å². The highest BCUT2D eigenvalue weighted by molar-refractivity contribution is 6.33. The summed E-state index contributed by atoms with van der Waals surface area (Å²) in [5, 5.41) is 3.21. The summed E-state index contributed by atoms with van der Waals surface area (Å²) in [6, 6.07) is 8.36. The third kappa shape index (κ3) is 3.37. The van der Waals surface area contributed by atoms with Crippen molar-refractivity contribution in [1.29, 1.82) is 0 Å². The number of carbonyl (C=O) groups excluding carboxylic acids is 1. The molecule has 1 heterocycles. The number of hydrogen-bond donors (Lipinski definition) is 1. The zero-order valence-corrected chi connectivity index (χ0v) is 12.0. The van der Waals surface area contributed by atoms with Crippen LogP contribution < -0.4 is 5.32 Å². The second-order valence-corrected chi connectivity index (χ2v) is 4.59. The fourth-order valence-electron chi connectivity index (χ4n) is 1.63. The van der Waals surface area contributed by atoms with Gasteiger partial charge in [-0.15, -0.1) is 0 Å². The molecule has 0 radical (unpaired) electrons. The van der Waals surface area contributed by atoms with Crippen LogP contribution in [0.25, 0.3) is 0 Å². The van der Waals surface area contributed by atoms with Gasteiger partial charge in [0, 0.05) is 0 Å². The topological polar surface area (TPSA) is 64.1 Å². The average molecular weight is 312 g/mol. The van der Waals surface area contributed by atoms with Gasteiger partial charge in [-0.2, -0.15) is 4.98 Å². The molecule has 0 spiro atoms. The predicted octanol–water partition coefficient (Wildman–Crippen LogP) is 3.11. The third-order valence-electron chi connectivity index (χ3n) is 2.57. The van der Waals surface area contributed by atoms with Crippen LogP contribution in [0.5, 0.6) is 0 Å². The Balaban J connectivity index is 2.34. The summed E-state index contributed by atoms with van der Waals surface area (Å²) in [5.74, 6) is -0.187. The van der Waals surface area contributed by atoms with Crippen LogP contribution in [0.2, 0.25) is 10.3 Å². The van der Waals surface area contributed by atoms with Gasteiger partial charge in [0.25, 0.3) is 0 Å². The zero-order valence-electron chi connectivity index (χ0n) is 10.5. The zero-order chi connectivity index (χ0) is 14.5. The number of anilines is 1. The Bertz CT molecular complexity index is 608. The number of ether oxygens (including phenoxy) is 1. The van der Waals surface area contributed by atoms with Gasteiger partial charge in [0.05, 0.1) is 13.3 Å². The number of rotatable bonds is 4. The lowest BCUT2D eigenvalue weighted by molar-refractivity contribution is -0.141. The Morgan fingerprint density at radius 3 is 2.65 bits per heavy atom. The fraction of sp³-hybridized carbons (Fsp3) is 0.154. The maximum atomic E-state index is 11.9. The molecule has 0 bridgehead atoms. The molecule has 1 atom stereocenters. The van der Waals surface area contributed by atoms with Crippen LogP contribution >= 0.6 is 23.2 Å². The fourth-order valence-corrected chi connectivity index (χ4v) is 1.90. The van der Waals surface area contributed by atoms with E-state index in [0.717, 1.165) is 5.56 Å². The Kier molecular flexibility index (Phi) is 4.76. The van der Waals surface area contributed by atoms with Crippen molar-refractivity contribution in [3.8, 4) is 0 Å². The highest BCUT2D eigenvalue weighted by atomic mass is 35.5. The summed E-state index contributed by atoms with van der Waals surface area (Å²) < 4.78 is 4.79. The lowest BCUT2D eigenvalue weighted by Gasteiger charge is -2.18. The smallest absolute Gasteiger partial charge is 0.333 e. The minimum absolute atomic E-state index is 0.0357. The van der Waals surface area contributed by atoms with Crippen LogP contribution in [0.15, 0.2) is 36.5 Å². The molecule has 0 saturated carbocycles. The lowest BCUT2D eigenvalue weighted by Crippen LogP contribution is -2.23. The van der Waals surface area contributed by atoms with E-state index in [2.05, 4.69) is 15.3 Å². The van der Waals surface area contributed by atoms with E-state index in [0.29, 0.717) is 0 Å². The Labute approximate surface area is 125 Å².